The van der Waals surface area contributed by atoms with E-state index in [0.29, 0.717) is 18.5 Å². The van der Waals surface area contributed by atoms with Crippen LogP contribution in [0.25, 0.3) is 0 Å². The van der Waals surface area contributed by atoms with E-state index >= 15 is 0 Å². The molecule has 0 heterocycles. The molecule has 1 aromatic carbocycles. The van der Waals surface area contributed by atoms with E-state index in [4.69, 9.17) is 10.4 Å². The zero-order chi connectivity index (χ0) is 14.3. The van der Waals surface area contributed by atoms with Crippen molar-refractivity contribution in [3.8, 4) is 11.8 Å². The minimum absolute atomic E-state index is 0.0254. The molecule has 0 aliphatic carbocycles. The van der Waals surface area contributed by atoms with Crippen molar-refractivity contribution in [2.75, 3.05) is 13.2 Å². The van der Waals surface area contributed by atoms with Crippen molar-refractivity contribution >= 4 is 0 Å². The molecule has 0 saturated carbocycles. The van der Waals surface area contributed by atoms with E-state index in [-0.39, 0.29) is 12.4 Å². The maximum atomic E-state index is 12.1. The third kappa shape index (κ3) is 5.59. The molecule has 0 fully saturated rings. The maximum absolute atomic E-state index is 12.1. The molecule has 7 heteroatoms. The van der Waals surface area contributed by atoms with Gasteiger partial charge in [0.1, 0.15) is 11.8 Å². The fourth-order valence-electron chi connectivity index (χ4n) is 1.45. The van der Waals surface area contributed by atoms with Gasteiger partial charge in [0, 0.05) is 6.61 Å². The topological polar surface area (TPSA) is 65.3 Å². The summed E-state index contributed by atoms with van der Waals surface area (Å²) in [6.07, 6.45) is -4.30. The highest BCUT2D eigenvalue weighted by Crippen LogP contribution is 2.25. The number of ether oxygens (including phenoxy) is 1. The van der Waals surface area contributed by atoms with Crippen LogP contribution in [-0.4, -0.2) is 24.6 Å². The summed E-state index contributed by atoms with van der Waals surface area (Å²) in [5.41, 5.74) is 0.377. The lowest BCUT2D eigenvalue weighted by Crippen LogP contribution is -2.22. The summed E-state index contributed by atoms with van der Waals surface area (Å²) in [7, 11) is 0. The Morgan fingerprint density at radius 3 is 2.74 bits per heavy atom. The van der Waals surface area contributed by atoms with Gasteiger partial charge in [-0.25, -0.2) is 0 Å². The number of rotatable bonds is 6. The van der Waals surface area contributed by atoms with Gasteiger partial charge < -0.3 is 9.84 Å². The van der Waals surface area contributed by atoms with Gasteiger partial charge in [-0.2, -0.15) is 5.26 Å². The molecule has 104 valence electrons. The number of nitrogens with one attached hydrogen (secondary N) is 1. The molecule has 2 N–H and O–H groups in total. The van der Waals surface area contributed by atoms with E-state index < -0.39 is 12.4 Å². The van der Waals surface area contributed by atoms with E-state index in [9.17, 15) is 13.2 Å². The van der Waals surface area contributed by atoms with Gasteiger partial charge in [0.15, 0.2) is 0 Å². The summed E-state index contributed by atoms with van der Waals surface area (Å²) < 4.78 is 40.0. The number of benzene rings is 1. The molecular formula is C12H13F3N2O2. The van der Waals surface area contributed by atoms with Gasteiger partial charge in [-0.1, -0.05) is 12.1 Å². The van der Waals surface area contributed by atoms with Crippen molar-refractivity contribution in [2.24, 2.45) is 0 Å². The molecule has 1 aromatic rings. The molecule has 0 amide bonds. The van der Waals surface area contributed by atoms with Crippen LogP contribution in [0.2, 0.25) is 0 Å². The number of nitriles is 1. The van der Waals surface area contributed by atoms with Crippen molar-refractivity contribution in [1.29, 1.82) is 5.26 Å². The first-order valence-corrected chi connectivity index (χ1v) is 5.56. The van der Waals surface area contributed by atoms with Crippen molar-refractivity contribution < 1.29 is 23.0 Å². The number of hydrogen-bond acceptors (Lipinski definition) is 4. The van der Waals surface area contributed by atoms with Crippen molar-refractivity contribution in [3.05, 3.63) is 29.8 Å². The highest BCUT2D eigenvalue weighted by atomic mass is 19.4. The Morgan fingerprint density at radius 1 is 1.42 bits per heavy atom. The predicted molar refractivity (Wildman–Crippen MR) is 61.2 cm³/mol. The van der Waals surface area contributed by atoms with Gasteiger partial charge in [-0.05, 0) is 30.7 Å². The number of alkyl halides is 3. The lowest BCUT2D eigenvalue weighted by molar-refractivity contribution is -0.274. The largest absolute Gasteiger partial charge is 0.573 e. The second-order valence-electron chi connectivity index (χ2n) is 3.71. The van der Waals surface area contributed by atoms with Crippen LogP contribution >= 0.6 is 0 Å². The Bertz CT molecular complexity index is 443. The highest BCUT2D eigenvalue weighted by Gasteiger charge is 2.31. The van der Waals surface area contributed by atoms with Crippen LogP contribution in [-0.2, 0) is 0 Å². The minimum atomic E-state index is -4.76. The summed E-state index contributed by atoms with van der Waals surface area (Å²) in [6, 6.07) is 6.43. The normalized spacial score (nSPS) is 12.8. The minimum Gasteiger partial charge on any atom is -0.406 e. The fraction of sp³-hybridized carbons (Fsp3) is 0.417. The number of hydrogen-bond donors (Lipinski definition) is 2. The van der Waals surface area contributed by atoms with E-state index in [0.717, 1.165) is 6.07 Å². The van der Waals surface area contributed by atoms with Gasteiger partial charge in [-0.3, -0.25) is 5.32 Å². The van der Waals surface area contributed by atoms with E-state index in [1.165, 1.54) is 18.2 Å². The Hall–Kier alpha value is -1.78. The Kier molecular flexibility index (Phi) is 5.60. The smallest absolute Gasteiger partial charge is 0.406 e. The summed E-state index contributed by atoms with van der Waals surface area (Å²) in [5, 5.41) is 20.4. The third-order valence-corrected chi connectivity index (χ3v) is 2.24. The average molecular weight is 274 g/mol. The molecule has 1 atom stereocenters. The zero-order valence-electron chi connectivity index (χ0n) is 9.94. The van der Waals surface area contributed by atoms with Crippen LogP contribution in [0, 0.1) is 11.3 Å². The SMILES string of the molecule is N#CC(NCCCO)c1cccc(OC(F)(F)F)c1. The molecule has 19 heavy (non-hydrogen) atoms. The first-order chi connectivity index (χ1) is 8.96. The van der Waals surface area contributed by atoms with Gasteiger partial charge in [0.05, 0.1) is 6.07 Å². The predicted octanol–water partition coefficient (Wildman–Crippen LogP) is 2.12. The summed E-state index contributed by atoms with van der Waals surface area (Å²) in [4.78, 5) is 0. The summed E-state index contributed by atoms with van der Waals surface area (Å²) in [5.74, 6) is -0.366. The zero-order valence-corrected chi connectivity index (χ0v) is 9.94. The van der Waals surface area contributed by atoms with Crippen LogP contribution in [0.4, 0.5) is 13.2 Å². The summed E-state index contributed by atoms with van der Waals surface area (Å²) >= 11 is 0. The quantitative estimate of drug-likeness (QED) is 0.780. The molecule has 0 saturated heterocycles. The van der Waals surface area contributed by atoms with Gasteiger partial charge in [0.25, 0.3) is 0 Å². The second kappa shape index (κ2) is 6.97. The van der Waals surface area contributed by atoms with Crippen molar-refractivity contribution in [3.63, 3.8) is 0 Å². The number of aliphatic hydroxyl groups is 1. The fourth-order valence-corrected chi connectivity index (χ4v) is 1.45. The lowest BCUT2D eigenvalue weighted by atomic mass is 10.1. The molecule has 0 bridgehead atoms. The molecule has 0 spiro atoms. The maximum Gasteiger partial charge on any atom is 0.573 e. The van der Waals surface area contributed by atoms with Crippen LogP contribution in [0.3, 0.4) is 0 Å². The monoisotopic (exact) mass is 274 g/mol. The molecule has 0 aliphatic rings. The standard InChI is InChI=1S/C12H13F3N2O2/c13-12(14,15)19-10-4-1-3-9(7-10)11(8-16)17-5-2-6-18/h1,3-4,7,11,17-18H,2,5-6H2. The lowest BCUT2D eigenvalue weighted by Gasteiger charge is -2.14. The third-order valence-electron chi connectivity index (χ3n) is 2.24. The Labute approximate surface area is 108 Å². The molecule has 0 aliphatic heterocycles. The van der Waals surface area contributed by atoms with Crippen molar-refractivity contribution in [1.82, 2.24) is 5.32 Å². The van der Waals surface area contributed by atoms with E-state index in [2.05, 4.69) is 10.1 Å². The van der Waals surface area contributed by atoms with Crippen LogP contribution in [0.5, 0.6) is 5.75 Å². The van der Waals surface area contributed by atoms with Crippen LogP contribution in [0.1, 0.15) is 18.0 Å². The first kappa shape index (κ1) is 15.3. The van der Waals surface area contributed by atoms with Gasteiger partial charge in [-0.15, -0.1) is 13.2 Å². The molecule has 4 nitrogen and oxygen atoms in total. The molecule has 0 radical (unpaired) electrons. The average Bonchev–Trinajstić information content (AvgIpc) is 2.33. The number of aliphatic hydroxyl groups excluding tert-OH is 1. The van der Waals surface area contributed by atoms with Gasteiger partial charge in [0.2, 0.25) is 0 Å². The second-order valence-corrected chi connectivity index (χ2v) is 3.71. The molecule has 0 aromatic heterocycles. The van der Waals surface area contributed by atoms with Crippen LogP contribution < -0.4 is 10.1 Å². The molecular weight excluding hydrogens is 261 g/mol. The number of nitrogens with zero attached hydrogens (tertiary/aromatic N) is 1. The Balaban J connectivity index is 2.76. The van der Waals surface area contributed by atoms with E-state index in [1.54, 1.807) is 0 Å². The van der Waals surface area contributed by atoms with Gasteiger partial charge >= 0.3 is 6.36 Å². The molecule has 1 rings (SSSR count). The Morgan fingerprint density at radius 2 is 2.16 bits per heavy atom. The van der Waals surface area contributed by atoms with E-state index in [1.807, 2.05) is 6.07 Å². The first-order valence-electron chi connectivity index (χ1n) is 5.56. The molecule has 1 unspecified atom stereocenters. The summed E-state index contributed by atoms with van der Waals surface area (Å²) in [6.45, 7) is 0.363. The highest BCUT2D eigenvalue weighted by molar-refractivity contribution is 5.33. The van der Waals surface area contributed by atoms with Crippen LogP contribution in [0.15, 0.2) is 24.3 Å². The number of halogens is 3. The van der Waals surface area contributed by atoms with Crippen molar-refractivity contribution in [2.45, 2.75) is 18.8 Å².